The van der Waals surface area contributed by atoms with Gasteiger partial charge in [0.1, 0.15) is 22.9 Å². The van der Waals surface area contributed by atoms with Gasteiger partial charge in [-0.2, -0.15) is 0 Å². The first-order valence-electron chi connectivity index (χ1n) is 17.4. The lowest BCUT2D eigenvalue weighted by molar-refractivity contribution is 0.0208. The minimum atomic E-state index is -0.545. The zero-order chi connectivity index (χ0) is 35.2. The van der Waals surface area contributed by atoms with Crippen LogP contribution in [-0.2, 0) is 9.47 Å². The van der Waals surface area contributed by atoms with Crippen LogP contribution < -0.4 is 0 Å². The molecule has 3 aromatic heterocycles. The lowest BCUT2D eigenvalue weighted by Crippen LogP contribution is -2.36. The van der Waals surface area contributed by atoms with E-state index in [2.05, 4.69) is 68.5 Å². The Morgan fingerprint density at radius 1 is 0.640 bits per heavy atom. The summed E-state index contributed by atoms with van der Waals surface area (Å²) in [6, 6.07) is 16.4. The van der Waals surface area contributed by atoms with Crippen LogP contribution in [-0.4, -0.2) is 71.2 Å². The molecule has 2 aliphatic heterocycles. The lowest BCUT2D eigenvalue weighted by Gasteiger charge is -2.27. The maximum Gasteiger partial charge on any atom is 0.410 e. The summed E-state index contributed by atoms with van der Waals surface area (Å²) < 4.78 is 11.3. The minimum Gasteiger partial charge on any atom is -0.444 e. The number of amides is 2. The topological polar surface area (TPSA) is 129 Å². The van der Waals surface area contributed by atoms with Gasteiger partial charge in [0.15, 0.2) is 0 Å². The number of pyridine rings is 1. The number of hydrogen-bond acceptors (Lipinski definition) is 7. The smallest absolute Gasteiger partial charge is 0.410 e. The van der Waals surface area contributed by atoms with Crippen LogP contribution in [0.1, 0.15) is 91.0 Å². The first-order chi connectivity index (χ1) is 23.8. The first-order valence-corrected chi connectivity index (χ1v) is 17.4. The molecule has 11 nitrogen and oxygen atoms in total. The molecule has 2 atom stereocenters. The molecule has 11 heteroatoms. The normalized spacial score (nSPS) is 18.2. The molecule has 0 spiro atoms. The van der Waals surface area contributed by atoms with Crippen molar-refractivity contribution in [2.45, 2.75) is 90.5 Å². The lowest BCUT2D eigenvalue weighted by atomic mass is 10.0. The van der Waals surface area contributed by atoms with E-state index in [1.807, 2.05) is 60.1 Å². The second-order valence-corrected chi connectivity index (χ2v) is 15.2. The van der Waals surface area contributed by atoms with Crippen molar-refractivity contribution in [1.29, 1.82) is 0 Å². The molecule has 2 saturated heterocycles. The van der Waals surface area contributed by atoms with E-state index in [0.717, 1.165) is 81.9 Å². The van der Waals surface area contributed by atoms with Gasteiger partial charge in [-0.25, -0.2) is 19.6 Å². The van der Waals surface area contributed by atoms with E-state index in [9.17, 15) is 9.59 Å². The quantitative estimate of drug-likeness (QED) is 0.190. The van der Waals surface area contributed by atoms with Crippen LogP contribution in [0.4, 0.5) is 9.59 Å². The Labute approximate surface area is 292 Å². The number of aromatic nitrogens is 5. The Hall–Kier alpha value is -5.19. The number of carbonyl (C=O) groups is 2. The maximum absolute atomic E-state index is 12.8. The summed E-state index contributed by atoms with van der Waals surface area (Å²) in [4.78, 5) is 50.2. The molecule has 0 radical (unpaired) electrons. The van der Waals surface area contributed by atoms with Crippen molar-refractivity contribution in [3.63, 3.8) is 0 Å². The van der Waals surface area contributed by atoms with Crippen LogP contribution >= 0.6 is 0 Å². The Bertz CT molecular complexity index is 2020. The summed E-state index contributed by atoms with van der Waals surface area (Å²) in [5.74, 6) is 1.55. The monoisotopic (exact) mass is 675 g/mol. The highest BCUT2D eigenvalue weighted by molar-refractivity contribution is 5.89. The molecule has 2 fully saturated rings. The number of hydrogen-bond donors (Lipinski definition) is 2. The number of imidazole rings is 2. The van der Waals surface area contributed by atoms with Crippen LogP contribution in [0, 0.1) is 0 Å². The number of likely N-dealkylation sites (tertiary alicyclic amines) is 2. The SMILES string of the molecule is CC(C)(C)OC(=O)N1CCC[C@H]1c1ncc(-c2ccc(-c3cc4ccc(-c5cnc([C@@H]6CCCN6C(=O)OC(C)(C)C)[nH]5)cc4cn3)cc2)[nH]1. The Kier molecular flexibility index (Phi) is 8.61. The molecule has 50 heavy (non-hydrogen) atoms. The molecular weight excluding hydrogens is 630 g/mol. The predicted molar refractivity (Wildman–Crippen MR) is 192 cm³/mol. The summed E-state index contributed by atoms with van der Waals surface area (Å²) in [6.07, 6.45) is 8.47. The van der Waals surface area contributed by atoms with Gasteiger partial charge in [-0.05, 0) is 90.3 Å². The van der Waals surface area contributed by atoms with Crippen LogP contribution in [0.3, 0.4) is 0 Å². The number of nitrogens with zero attached hydrogens (tertiary/aromatic N) is 5. The molecule has 5 aromatic rings. The van der Waals surface area contributed by atoms with Crippen molar-refractivity contribution in [1.82, 2.24) is 34.7 Å². The van der Waals surface area contributed by atoms with Gasteiger partial charge in [0.2, 0.25) is 0 Å². The van der Waals surface area contributed by atoms with E-state index >= 15 is 0 Å². The molecule has 2 aromatic carbocycles. The van der Waals surface area contributed by atoms with E-state index in [1.54, 1.807) is 9.80 Å². The fourth-order valence-corrected chi connectivity index (χ4v) is 6.77. The van der Waals surface area contributed by atoms with Crippen LogP contribution in [0.2, 0.25) is 0 Å². The molecule has 0 bridgehead atoms. The highest BCUT2D eigenvalue weighted by atomic mass is 16.6. The van der Waals surface area contributed by atoms with E-state index in [4.69, 9.17) is 14.5 Å². The summed E-state index contributed by atoms with van der Waals surface area (Å²) in [6.45, 7) is 12.6. The average Bonchev–Trinajstić information content (AvgIpc) is 3.88. The molecule has 5 heterocycles. The molecule has 2 amide bonds. The second kappa shape index (κ2) is 12.9. The molecular formula is C39H45N7O4. The zero-order valence-electron chi connectivity index (χ0n) is 29.6. The number of aromatic amines is 2. The number of fused-ring (bicyclic) bond motifs is 1. The third kappa shape index (κ3) is 7.08. The number of benzene rings is 2. The molecule has 2 N–H and O–H groups in total. The zero-order valence-corrected chi connectivity index (χ0v) is 29.6. The number of carbonyl (C=O) groups excluding carboxylic acids is 2. The van der Waals surface area contributed by atoms with Crippen molar-refractivity contribution in [2.75, 3.05) is 13.1 Å². The van der Waals surface area contributed by atoms with Gasteiger partial charge in [-0.15, -0.1) is 0 Å². The van der Waals surface area contributed by atoms with Gasteiger partial charge in [-0.1, -0.05) is 36.4 Å². The van der Waals surface area contributed by atoms with E-state index in [0.29, 0.717) is 13.1 Å². The van der Waals surface area contributed by atoms with E-state index < -0.39 is 11.2 Å². The van der Waals surface area contributed by atoms with Gasteiger partial charge < -0.3 is 19.4 Å². The third-order valence-corrected chi connectivity index (χ3v) is 9.11. The first kappa shape index (κ1) is 33.3. The summed E-state index contributed by atoms with van der Waals surface area (Å²) in [5.41, 5.74) is 4.60. The van der Waals surface area contributed by atoms with Crippen molar-refractivity contribution < 1.29 is 19.1 Å². The Morgan fingerprint density at radius 2 is 1.14 bits per heavy atom. The van der Waals surface area contributed by atoms with Crippen LogP contribution in [0.15, 0.2) is 67.1 Å². The number of nitrogens with one attached hydrogen (secondary N) is 2. The second-order valence-electron chi connectivity index (χ2n) is 15.2. The Balaban J connectivity index is 1.04. The maximum atomic E-state index is 12.8. The predicted octanol–water partition coefficient (Wildman–Crippen LogP) is 8.83. The van der Waals surface area contributed by atoms with Crippen molar-refractivity contribution in [2.24, 2.45) is 0 Å². The van der Waals surface area contributed by atoms with Gasteiger partial charge >= 0.3 is 12.2 Å². The molecule has 2 aliphatic rings. The van der Waals surface area contributed by atoms with Gasteiger partial charge in [0, 0.05) is 35.8 Å². The molecule has 260 valence electrons. The van der Waals surface area contributed by atoms with E-state index in [1.165, 1.54) is 0 Å². The van der Waals surface area contributed by atoms with Crippen LogP contribution in [0.5, 0.6) is 0 Å². The third-order valence-electron chi connectivity index (χ3n) is 9.11. The van der Waals surface area contributed by atoms with Crippen molar-refractivity contribution >= 4 is 23.0 Å². The van der Waals surface area contributed by atoms with Crippen molar-refractivity contribution in [3.05, 3.63) is 78.8 Å². The summed E-state index contributed by atoms with van der Waals surface area (Å²) in [7, 11) is 0. The molecule has 0 aliphatic carbocycles. The van der Waals surface area contributed by atoms with Gasteiger partial charge in [0.05, 0.1) is 41.6 Å². The number of rotatable bonds is 5. The average molecular weight is 676 g/mol. The van der Waals surface area contributed by atoms with E-state index in [-0.39, 0.29) is 24.3 Å². The summed E-state index contributed by atoms with van der Waals surface area (Å²) >= 11 is 0. The summed E-state index contributed by atoms with van der Waals surface area (Å²) in [5, 5.41) is 2.10. The standard InChI is InChI=1S/C39H45N7O4/c1-38(2,3)49-36(47)45-17-7-9-32(45)34-41-22-30(43-34)25-13-11-24(12-14-25)29-20-26-15-16-27(19-28(26)21-40-29)31-23-42-35(44-31)33-10-8-18-46(33)37(48)50-39(4,5)6/h11-16,19-23,32-33H,7-10,17-18H2,1-6H3,(H,41,43)(H,42,44)/t32-,33-/m0/s1. The Morgan fingerprint density at radius 3 is 1.68 bits per heavy atom. The highest BCUT2D eigenvalue weighted by Gasteiger charge is 2.36. The van der Waals surface area contributed by atoms with Gasteiger partial charge in [-0.3, -0.25) is 14.8 Å². The molecule has 0 saturated carbocycles. The number of H-pyrrole nitrogens is 2. The highest BCUT2D eigenvalue weighted by Crippen LogP contribution is 2.35. The molecule has 7 rings (SSSR count). The van der Waals surface area contributed by atoms with Gasteiger partial charge in [0.25, 0.3) is 0 Å². The largest absolute Gasteiger partial charge is 0.444 e. The number of ether oxygens (including phenoxy) is 2. The van der Waals surface area contributed by atoms with Crippen molar-refractivity contribution in [3.8, 4) is 33.8 Å². The fraction of sp³-hybridized carbons (Fsp3) is 0.410. The fourth-order valence-electron chi connectivity index (χ4n) is 6.77. The van der Waals surface area contributed by atoms with Crippen LogP contribution in [0.25, 0.3) is 44.5 Å². The minimum absolute atomic E-state index is 0.127. The molecule has 0 unspecified atom stereocenters.